The van der Waals surface area contributed by atoms with Crippen LogP contribution in [0.15, 0.2) is 24.3 Å². The van der Waals surface area contributed by atoms with Crippen LogP contribution < -0.4 is 5.32 Å². The van der Waals surface area contributed by atoms with Gasteiger partial charge < -0.3 is 5.32 Å². The number of hydrogen-bond acceptors (Lipinski definition) is 4. The maximum Gasteiger partial charge on any atom is 0.186 e. The molecule has 4 heteroatoms. The summed E-state index contributed by atoms with van der Waals surface area (Å²) in [6, 6.07) is 10.3. The van der Waals surface area contributed by atoms with Gasteiger partial charge in [-0.15, -0.1) is 10.2 Å². The number of rotatable bonds is 3. The van der Waals surface area contributed by atoms with E-state index in [1.54, 1.807) is 0 Å². The summed E-state index contributed by atoms with van der Waals surface area (Å²) >= 11 is 0. The number of nitrogens with zero attached hydrogens (tertiary/aromatic N) is 3. The largest absolute Gasteiger partial charge is 0.379 e. The molecule has 1 unspecified atom stereocenters. The van der Waals surface area contributed by atoms with Gasteiger partial charge in [-0.1, -0.05) is 31.0 Å². The van der Waals surface area contributed by atoms with Crippen LogP contribution in [-0.2, 0) is 0 Å². The summed E-state index contributed by atoms with van der Waals surface area (Å²) in [4.78, 5) is 0. The summed E-state index contributed by atoms with van der Waals surface area (Å²) < 4.78 is 0. The SMILES string of the molecule is CC(Nc1c(C#N)nnc2ccccc12)C1CCCC1. The van der Waals surface area contributed by atoms with Crippen LogP contribution in [0.3, 0.4) is 0 Å². The maximum atomic E-state index is 9.26. The second-order valence-corrected chi connectivity index (χ2v) is 5.53. The summed E-state index contributed by atoms with van der Waals surface area (Å²) in [5.41, 5.74) is 2.04. The van der Waals surface area contributed by atoms with Gasteiger partial charge in [-0.3, -0.25) is 0 Å². The highest BCUT2D eigenvalue weighted by molar-refractivity contribution is 5.92. The van der Waals surface area contributed by atoms with Gasteiger partial charge in [0.2, 0.25) is 0 Å². The summed E-state index contributed by atoms with van der Waals surface area (Å²) in [6.07, 6.45) is 5.17. The maximum absolute atomic E-state index is 9.26. The van der Waals surface area contributed by atoms with Gasteiger partial charge in [0.25, 0.3) is 0 Å². The predicted molar refractivity (Wildman–Crippen MR) is 79.3 cm³/mol. The molecule has 1 saturated carbocycles. The van der Waals surface area contributed by atoms with Crippen LogP contribution in [0.5, 0.6) is 0 Å². The van der Waals surface area contributed by atoms with Crippen LogP contribution >= 0.6 is 0 Å². The number of nitrogens with one attached hydrogen (secondary N) is 1. The van der Waals surface area contributed by atoms with E-state index in [4.69, 9.17) is 0 Å². The van der Waals surface area contributed by atoms with Crippen molar-refractivity contribution in [2.75, 3.05) is 5.32 Å². The molecule has 1 N–H and O–H groups in total. The van der Waals surface area contributed by atoms with Crippen LogP contribution in [0.2, 0.25) is 0 Å². The Balaban J connectivity index is 1.98. The van der Waals surface area contributed by atoms with Crippen molar-refractivity contribution in [3.63, 3.8) is 0 Å². The molecule has 0 bridgehead atoms. The number of nitriles is 1. The quantitative estimate of drug-likeness (QED) is 0.923. The summed E-state index contributed by atoms with van der Waals surface area (Å²) in [5, 5.41) is 21.9. The van der Waals surface area contributed by atoms with Gasteiger partial charge in [-0.2, -0.15) is 5.26 Å². The zero-order valence-electron chi connectivity index (χ0n) is 11.6. The third-order valence-corrected chi connectivity index (χ3v) is 4.25. The Labute approximate surface area is 118 Å². The smallest absolute Gasteiger partial charge is 0.186 e. The molecule has 1 heterocycles. The third-order valence-electron chi connectivity index (χ3n) is 4.25. The lowest BCUT2D eigenvalue weighted by Gasteiger charge is -2.22. The van der Waals surface area contributed by atoms with Crippen molar-refractivity contribution in [1.29, 1.82) is 5.26 Å². The Kier molecular flexibility index (Phi) is 3.51. The molecule has 1 atom stereocenters. The molecule has 0 amide bonds. The van der Waals surface area contributed by atoms with Gasteiger partial charge in [0, 0.05) is 11.4 Å². The van der Waals surface area contributed by atoms with E-state index >= 15 is 0 Å². The Hall–Kier alpha value is -2.15. The molecule has 3 rings (SSSR count). The molecule has 0 spiro atoms. The highest BCUT2D eigenvalue weighted by atomic mass is 15.1. The molecule has 1 aromatic heterocycles. The van der Waals surface area contributed by atoms with E-state index in [0.29, 0.717) is 17.7 Å². The molecule has 0 aliphatic heterocycles. The fourth-order valence-electron chi connectivity index (χ4n) is 3.08. The van der Waals surface area contributed by atoms with Crippen molar-refractivity contribution in [1.82, 2.24) is 10.2 Å². The molecular weight excluding hydrogens is 248 g/mol. The van der Waals surface area contributed by atoms with E-state index in [9.17, 15) is 5.26 Å². The predicted octanol–water partition coefficient (Wildman–Crippen LogP) is 3.49. The van der Waals surface area contributed by atoms with Gasteiger partial charge in [0.1, 0.15) is 6.07 Å². The summed E-state index contributed by atoms with van der Waals surface area (Å²) in [7, 11) is 0. The minimum absolute atomic E-state index is 0.359. The number of aromatic nitrogens is 2. The molecule has 1 fully saturated rings. The Morgan fingerprint density at radius 3 is 2.75 bits per heavy atom. The van der Waals surface area contributed by atoms with Gasteiger partial charge >= 0.3 is 0 Å². The minimum atomic E-state index is 0.359. The van der Waals surface area contributed by atoms with Gasteiger partial charge in [0.05, 0.1) is 11.2 Å². The van der Waals surface area contributed by atoms with E-state index < -0.39 is 0 Å². The normalized spacial score (nSPS) is 17.0. The first kappa shape index (κ1) is 12.9. The summed E-state index contributed by atoms with van der Waals surface area (Å²) in [6.45, 7) is 2.20. The molecule has 1 aliphatic carbocycles. The fraction of sp³-hybridized carbons (Fsp3) is 0.438. The molecule has 4 nitrogen and oxygen atoms in total. The van der Waals surface area contributed by atoms with Crippen LogP contribution in [0.1, 0.15) is 38.3 Å². The van der Waals surface area contributed by atoms with E-state index in [0.717, 1.165) is 16.6 Å². The van der Waals surface area contributed by atoms with Crippen molar-refractivity contribution in [3.8, 4) is 6.07 Å². The molecule has 2 aromatic rings. The van der Waals surface area contributed by atoms with Crippen LogP contribution in [-0.4, -0.2) is 16.2 Å². The molecule has 102 valence electrons. The second-order valence-electron chi connectivity index (χ2n) is 5.53. The van der Waals surface area contributed by atoms with Crippen LogP contribution in [0.4, 0.5) is 5.69 Å². The zero-order chi connectivity index (χ0) is 13.9. The Morgan fingerprint density at radius 1 is 1.25 bits per heavy atom. The first-order valence-electron chi connectivity index (χ1n) is 7.21. The van der Waals surface area contributed by atoms with Crippen LogP contribution in [0.25, 0.3) is 10.9 Å². The topological polar surface area (TPSA) is 61.6 Å². The number of anilines is 1. The third kappa shape index (κ3) is 2.32. The highest BCUT2D eigenvalue weighted by Crippen LogP contribution is 2.31. The van der Waals surface area contributed by atoms with Crippen molar-refractivity contribution in [2.24, 2.45) is 5.92 Å². The van der Waals surface area contributed by atoms with Crippen molar-refractivity contribution in [3.05, 3.63) is 30.0 Å². The molecule has 1 aromatic carbocycles. The molecule has 0 saturated heterocycles. The average Bonchev–Trinajstić information content (AvgIpc) is 3.02. The van der Waals surface area contributed by atoms with E-state index in [-0.39, 0.29) is 0 Å². The van der Waals surface area contributed by atoms with E-state index in [1.807, 2.05) is 24.3 Å². The van der Waals surface area contributed by atoms with Gasteiger partial charge in [-0.25, -0.2) is 0 Å². The van der Waals surface area contributed by atoms with E-state index in [1.165, 1.54) is 25.7 Å². The zero-order valence-corrected chi connectivity index (χ0v) is 11.6. The monoisotopic (exact) mass is 266 g/mol. The molecule has 20 heavy (non-hydrogen) atoms. The second kappa shape index (κ2) is 5.46. The number of fused-ring (bicyclic) bond motifs is 1. The first-order chi connectivity index (χ1) is 9.79. The molecular formula is C16H18N4. The Bertz CT molecular complexity index is 653. The van der Waals surface area contributed by atoms with Gasteiger partial charge in [0.15, 0.2) is 5.69 Å². The lowest BCUT2D eigenvalue weighted by Crippen LogP contribution is -2.24. The van der Waals surface area contributed by atoms with Crippen LogP contribution in [0, 0.1) is 17.2 Å². The van der Waals surface area contributed by atoms with Crippen molar-refractivity contribution >= 4 is 16.6 Å². The number of benzene rings is 1. The fourth-order valence-corrected chi connectivity index (χ4v) is 3.08. The lowest BCUT2D eigenvalue weighted by atomic mass is 9.99. The first-order valence-corrected chi connectivity index (χ1v) is 7.21. The molecule has 1 aliphatic rings. The van der Waals surface area contributed by atoms with E-state index in [2.05, 4.69) is 28.5 Å². The molecule has 0 radical (unpaired) electrons. The average molecular weight is 266 g/mol. The highest BCUT2D eigenvalue weighted by Gasteiger charge is 2.23. The van der Waals surface area contributed by atoms with Crippen molar-refractivity contribution < 1.29 is 0 Å². The number of hydrogen-bond donors (Lipinski definition) is 1. The van der Waals surface area contributed by atoms with Crippen molar-refractivity contribution in [2.45, 2.75) is 38.6 Å². The lowest BCUT2D eigenvalue weighted by molar-refractivity contribution is 0.482. The van der Waals surface area contributed by atoms with Gasteiger partial charge in [-0.05, 0) is 31.7 Å². The summed E-state index contributed by atoms with van der Waals surface area (Å²) in [5.74, 6) is 0.688. The minimum Gasteiger partial charge on any atom is -0.379 e. The standard InChI is InChI=1S/C16H18N4/c1-11(12-6-2-3-7-12)18-16-13-8-4-5-9-14(13)19-20-15(16)10-17/h4-5,8-9,11-12H,2-3,6-7H2,1H3,(H,18,19). The Morgan fingerprint density at radius 2 is 2.00 bits per heavy atom.